The maximum Gasteiger partial charge on any atom is 0.315 e. The Kier molecular flexibility index (Phi) is 5.49. The zero-order chi connectivity index (χ0) is 18.7. The molecule has 1 atom stereocenters. The zero-order valence-electron chi connectivity index (χ0n) is 15.6. The number of urea groups is 1. The van der Waals surface area contributed by atoms with E-state index in [1.807, 2.05) is 38.1 Å². The summed E-state index contributed by atoms with van der Waals surface area (Å²) in [6.07, 6.45) is 3.26. The maximum absolute atomic E-state index is 12.3. The SMILES string of the molecule is CNC(=O)C1CCC(NC(=O)NC(C)c2oc3ccccc3c2C)CC1. The van der Waals surface area contributed by atoms with Gasteiger partial charge in [-0.05, 0) is 45.6 Å². The highest BCUT2D eigenvalue weighted by atomic mass is 16.3. The molecule has 1 aliphatic carbocycles. The summed E-state index contributed by atoms with van der Waals surface area (Å²) in [6, 6.07) is 7.58. The van der Waals surface area contributed by atoms with E-state index in [0.717, 1.165) is 48.0 Å². The molecule has 0 radical (unpaired) electrons. The third-order valence-corrected chi connectivity index (χ3v) is 5.30. The van der Waals surface area contributed by atoms with Crippen molar-refractivity contribution in [1.29, 1.82) is 0 Å². The molecule has 2 aromatic rings. The minimum atomic E-state index is -0.218. The van der Waals surface area contributed by atoms with Crippen molar-refractivity contribution in [3.05, 3.63) is 35.6 Å². The van der Waals surface area contributed by atoms with E-state index in [1.165, 1.54) is 0 Å². The molecule has 0 spiro atoms. The van der Waals surface area contributed by atoms with Crippen LogP contribution in [-0.4, -0.2) is 25.0 Å². The van der Waals surface area contributed by atoms with Crippen LogP contribution in [0.25, 0.3) is 11.0 Å². The minimum absolute atomic E-state index is 0.0678. The number of benzene rings is 1. The van der Waals surface area contributed by atoms with Gasteiger partial charge in [0, 0.05) is 30.0 Å². The lowest BCUT2D eigenvalue weighted by molar-refractivity contribution is -0.125. The van der Waals surface area contributed by atoms with Crippen molar-refractivity contribution in [3.63, 3.8) is 0 Å². The first-order chi connectivity index (χ1) is 12.5. The highest BCUT2D eigenvalue weighted by molar-refractivity contribution is 5.82. The number of hydrogen-bond donors (Lipinski definition) is 3. The minimum Gasteiger partial charge on any atom is -0.459 e. The Morgan fingerprint density at radius 2 is 1.85 bits per heavy atom. The molecule has 26 heavy (non-hydrogen) atoms. The molecule has 1 aromatic carbocycles. The standard InChI is InChI=1S/C20H27N3O3/c1-12-16-6-4-5-7-17(16)26-18(12)13(2)22-20(25)23-15-10-8-14(9-11-15)19(24)21-3/h4-7,13-15H,8-11H2,1-3H3,(H,21,24)(H2,22,23,25). The summed E-state index contributed by atoms with van der Waals surface area (Å²) < 4.78 is 5.92. The van der Waals surface area contributed by atoms with E-state index in [0.29, 0.717) is 0 Å². The first-order valence-corrected chi connectivity index (χ1v) is 9.26. The summed E-state index contributed by atoms with van der Waals surface area (Å²) >= 11 is 0. The first-order valence-electron chi connectivity index (χ1n) is 9.26. The van der Waals surface area contributed by atoms with Gasteiger partial charge in [0.05, 0.1) is 6.04 Å². The second-order valence-electron chi connectivity index (χ2n) is 7.09. The van der Waals surface area contributed by atoms with Crippen molar-refractivity contribution >= 4 is 22.9 Å². The maximum atomic E-state index is 12.3. The van der Waals surface area contributed by atoms with Gasteiger partial charge in [0.15, 0.2) is 0 Å². The molecule has 1 fully saturated rings. The third-order valence-electron chi connectivity index (χ3n) is 5.30. The first kappa shape index (κ1) is 18.3. The summed E-state index contributed by atoms with van der Waals surface area (Å²) in [5, 5.41) is 9.77. The van der Waals surface area contributed by atoms with Gasteiger partial charge in [-0.2, -0.15) is 0 Å². The van der Waals surface area contributed by atoms with Gasteiger partial charge in [0.2, 0.25) is 5.91 Å². The molecule has 3 N–H and O–H groups in total. The zero-order valence-corrected chi connectivity index (χ0v) is 15.6. The molecule has 1 aliphatic rings. The van der Waals surface area contributed by atoms with Crippen LogP contribution in [0, 0.1) is 12.8 Å². The lowest BCUT2D eigenvalue weighted by Gasteiger charge is -2.28. The van der Waals surface area contributed by atoms with Crippen LogP contribution in [0.15, 0.2) is 28.7 Å². The predicted octanol–water partition coefficient (Wildman–Crippen LogP) is 3.41. The van der Waals surface area contributed by atoms with Gasteiger partial charge < -0.3 is 20.4 Å². The van der Waals surface area contributed by atoms with Crippen molar-refractivity contribution in [2.75, 3.05) is 7.05 Å². The van der Waals surface area contributed by atoms with Crippen LogP contribution in [0.1, 0.15) is 50.0 Å². The Bertz CT molecular complexity index is 791. The van der Waals surface area contributed by atoms with Gasteiger partial charge >= 0.3 is 6.03 Å². The summed E-state index contributed by atoms with van der Waals surface area (Å²) in [4.78, 5) is 24.0. The van der Waals surface area contributed by atoms with Gasteiger partial charge in [0.25, 0.3) is 0 Å². The molecular formula is C20H27N3O3. The lowest BCUT2D eigenvalue weighted by atomic mass is 9.85. The van der Waals surface area contributed by atoms with Gasteiger partial charge in [-0.3, -0.25) is 4.79 Å². The molecular weight excluding hydrogens is 330 g/mol. The largest absolute Gasteiger partial charge is 0.459 e. The molecule has 6 heteroatoms. The number of para-hydroxylation sites is 1. The smallest absolute Gasteiger partial charge is 0.315 e. The van der Waals surface area contributed by atoms with Gasteiger partial charge in [-0.1, -0.05) is 18.2 Å². The van der Waals surface area contributed by atoms with Crippen molar-refractivity contribution in [2.45, 2.75) is 51.6 Å². The number of rotatable bonds is 4. The fourth-order valence-electron chi connectivity index (χ4n) is 3.80. The number of fused-ring (bicyclic) bond motifs is 1. The third kappa shape index (κ3) is 3.84. The van der Waals surface area contributed by atoms with E-state index in [-0.39, 0.29) is 29.9 Å². The fourth-order valence-corrected chi connectivity index (χ4v) is 3.80. The van der Waals surface area contributed by atoms with Crippen molar-refractivity contribution in [2.24, 2.45) is 5.92 Å². The molecule has 0 saturated heterocycles. The van der Waals surface area contributed by atoms with E-state index in [2.05, 4.69) is 16.0 Å². The Morgan fingerprint density at radius 1 is 1.15 bits per heavy atom. The van der Waals surface area contributed by atoms with Crippen LogP contribution in [0.2, 0.25) is 0 Å². The summed E-state index contributed by atoms with van der Waals surface area (Å²) in [7, 11) is 1.67. The Balaban J connectivity index is 1.55. The average molecular weight is 357 g/mol. The quantitative estimate of drug-likeness (QED) is 0.784. The van der Waals surface area contributed by atoms with Crippen molar-refractivity contribution in [3.8, 4) is 0 Å². The van der Waals surface area contributed by atoms with Crippen LogP contribution < -0.4 is 16.0 Å². The number of furan rings is 1. The van der Waals surface area contributed by atoms with E-state index in [4.69, 9.17) is 4.42 Å². The molecule has 1 saturated carbocycles. The van der Waals surface area contributed by atoms with Crippen LogP contribution >= 0.6 is 0 Å². The predicted molar refractivity (Wildman–Crippen MR) is 101 cm³/mol. The number of amides is 3. The van der Waals surface area contributed by atoms with E-state index in [1.54, 1.807) is 7.05 Å². The molecule has 1 unspecified atom stereocenters. The monoisotopic (exact) mass is 357 g/mol. The lowest BCUT2D eigenvalue weighted by Crippen LogP contribution is -2.45. The normalized spacial score (nSPS) is 21.2. The molecule has 3 rings (SSSR count). The highest BCUT2D eigenvalue weighted by Gasteiger charge is 2.27. The molecule has 0 aliphatic heterocycles. The van der Waals surface area contributed by atoms with Gasteiger partial charge in [-0.25, -0.2) is 4.79 Å². The summed E-state index contributed by atoms with van der Waals surface area (Å²) in [5.74, 6) is 0.949. The van der Waals surface area contributed by atoms with Crippen molar-refractivity contribution < 1.29 is 14.0 Å². The number of carbonyl (C=O) groups excluding carboxylic acids is 2. The van der Waals surface area contributed by atoms with Gasteiger partial charge in [-0.15, -0.1) is 0 Å². The molecule has 3 amide bonds. The van der Waals surface area contributed by atoms with Crippen LogP contribution in [0.4, 0.5) is 4.79 Å². The Labute approximate surface area is 153 Å². The number of nitrogens with one attached hydrogen (secondary N) is 3. The highest BCUT2D eigenvalue weighted by Crippen LogP contribution is 2.29. The number of aryl methyl sites for hydroxylation is 1. The van der Waals surface area contributed by atoms with E-state index < -0.39 is 0 Å². The van der Waals surface area contributed by atoms with E-state index >= 15 is 0 Å². The molecule has 140 valence electrons. The van der Waals surface area contributed by atoms with Crippen LogP contribution in [-0.2, 0) is 4.79 Å². The van der Waals surface area contributed by atoms with Crippen LogP contribution in [0.3, 0.4) is 0 Å². The van der Waals surface area contributed by atoms with Crippen molar-refractivity contribution in [1.82, 2.24) is 16.0 Å². The molecule has 6 nitrogen and oxygen atoms in total. The number of carbonyl (C=O) groups is 2. The molecule has 1 aromatic heterocycles. The molecule has 0 bridgehead atoms. The summed E-state index contributed by atoms with van der Waals surface area (Å²) in [5.41, 5.74) is 1.89. The Morgan fingerprint density at radius 3 is 2.50 bits per heavy atom. The topological polar surface area (TPSA) is 83.4 Å². The fraction of sp³-hybridized carbons (Fsp3) is 0.500. The van der Waals surface area contributed by atoms with E-state index in [9.17, 15) is 9.59 Å². The second kappa shape index (κ2) is 7.81. The summed E-state index contributed by atoms with van der Waals surface area (Å²) in [6.45, 7) is 3.93. The van der Waals surface area contributed by atoms with Crippen LogP contribution in [0.5, 0.6) is 0 Å². The second-order valence-corrected chi connectivity index (χ2v) is 7.09. The van der Waals surface area contributed by atoms with Gasteiger partial charge in [0.1, 0.15) is 11.3 Å². The average Bonchev–Trinajstić information content (AvgIpc) is 2.99. The number of hydrogen-bond acceptors (Lipinski definition) is 3. The molecule has 1 heterocycles. The Hall–Kier alpha value is -2.50.